The second kappa shape index (κ2) is 4.41. The molecule has 5 nitrogen and oxygen atoms in total. The van der Waals surface area contributed by atoms with E-state index in [0.717, 1.165) is 27.8 Å². The Labute approximate surface area is 121 Å². The van der Waals surface area contributed by atoms with Crippen LogP contribution in [0.3, 0.4) is 0 Å². The molecule has 1 N–H and O–H groups in total. The van der Waals surface area contributed by atoms with Crippen LogP contribution in [0.5, 0.6) is 0 Å². The van der Waals surface area contributed by atoms with E-state index in [-0.39, 0.29) is 11.8 Å². The average molecular weight is 278 g/mol. The van der Waals surface area contributed by atoms with Crippen LogP contribution in [0.25, 0.3) is 10.9 Å². The quantitative estimate of drug-likeness (QED) is 0.743. The van der Waals surface area contributed by atoms with Gasteiger partial charge in [-0.3, -0.25) is 14.5 Å². The van der Waals surface area contributed by atoms with Gasteiger partial charge in [-0.25, -0.2) is 0 Å². The van der Waals surface area contributed by atoms with Crippen LogP contribution in [0.1, 0.15) is 23.5 Å². The number of rotatable bonds is 1. The number of hydrogen-bond donors (Lipinski definition) is 1. The van der Waals surface area contributed by atoms with Gasteiger partial charge in [-0.1, -0.05) is 12.1 Å². The van der Waals surface area contributed by atoms with Gasteiger partial charge in [0.25, 0.3) is 0 Å². The number of anilines is 1. The number of hydrogen-bond acceptors (Lipinski definition) is 3. The number of fused-ring (bicyclic) bond motifs is 2. The number of benzene rings is 1. The Morgan fingerprint density at radius 2 is 2.24 bits per heavy atom. The Hall–Kier alpha value is -2.69. The summed E-state index contributed by atoms with van der Waals surface area (Å²) < 4.78 is 1.71. The first kappa shape index (κ1) is 12.1. The minimum Gasteiger partial charge on any atom is -0.311 e. The smallest absolute Gasteiger partial charge is 0.226 e. The third kappa shape index (κ3) is 1.89. The lowest BCUT2D eigenvalue weighted by atomic mass is 9.87. The molecular formula is C16H14N4O. The first-order valence-electron chi connectivity index (χ1n) is 6.89. The van der Waals surface area contributed by atoms with Gasteiger partial charge in [-0.05, 0) is 23.8 Å². The van der Waals surface area contributed by atoms with Crippen molar-refractivity contribution in [3.05, 3.63) is 53.9 Å². The lowest BCUT2D eigenvalue weighted by Crippen LogP contribution is -2.24. The topological polar surface area (TPSA) is 59.8 Å². The summed E-state index contributed by atoms with van der Waals surface area (Å²) in [7, 11) is 1.84. The van der Waals surface area contributed by atoms with Crippen LogP contribution >= 0.6 is 0 Å². The van der Waals surface area contributed by atoms with E-state index in [1.807, 2.05) is 31.4 Å². The first-order chi connectivity index (χ1) is 10.2. The third-order valence-electron chi connectivity index (χ3n) is 4.02. The van der Waals surface area contributed by atoms with E-state index in [0.29, 0.717) is 6.42 Å². The van der Waals surface area contributed by atoms with Gasteiger partial charge in [-0.2, -0.15) is 5.10 Å². The fourth-order valence-electron chi connectivity index (χ4n) is 2.95. The van der Waals surface area contributed by atoms with Crippen molar-refractivity contribution in [1.29, 1.82) is 0 Å². The summed E-state index contributed by atoms with van der Waals surface area (Å²) in [6, 6.07) is 10.1. The number of carbonyl (C=O) groups excluding carboxylic acids is 1. The monoisotopic (exact) mass is 278 g/mol. The van der Waals surface area contributed by atoms with Gasteiger partial charge in [0.2, 0.25) is 5.91 Å². The lowest BCUT2D eigenvalue weighted by molar-refractivity contribution is -0.116. The van der Waals surface area contributed by atoms with Crippen molar-refractivity contribution < 1.29 is 4.79 Å². The minimum absolute atomic E-state index is 0.0300. The molecule has 21 heavy (non-hydrogen) atoms. The van der Waals surface area contributed by atoms with Gasteiger partial charge in [0.05, 0.1) is 11.7 Å². The third-order valence-corrected chi connectivity index (χ3v) is 4.02. The Morgan fingerprint density at radius 1 is 1.33 bits per heavy atom. The molecule has 1 aliphatic rings. The largest absolute Gasteiger partial charge is 0.311 e. The molecule has 0 radical (unpaired) electrons. The fraction of sp³-hybridized carbons (Fsp3) is 0.188. The molecule has 0 fully saturated rings. The zero-order chi connectivity index (χ0) is 14.4. The van der Waals surface area contributed by atoms with E-state index in [9.17, 15) is 4.79 Å². The minimum atomic E-state index is 0.0300. The summed E-state index contributed by atoms with van der Waals surface area (Å²) >= 11 is 0. The van der Waals surface area contributed by atoms with Crippen LogP contribution in [0.15, 0.2) is 42.7 Å². The molecule has 0 saturated carbocycles. The normalized spacial score (nSPS) is 17.6. The van der Waals surface area contributed by atoms with Crippen LogP contribution in [0, 0.1) is 0 Å². The lowest BCUT2D eigenvalue weighted by Gasteiger charge is -2.23. The molecule has 1 amide bonds. The van der Waals surface area contributed by atoms with Crippen LogP contribution in [0.4, 0.5) is 5.82 Å². The van der Waals surface area contributed by atoms with Crippen LogP contribution in [0.2, 0.25) is 0 Å². The van der Waals surface area contributed by atoms with Crippen molar-refractivity contribution in [2.75, 3.05) is 5.32 Å². The van der Waals surface area contributed by atoms with Crippen molar-refractivity contribution in [3.63, 3.8) is 0 Å². The average Bonchev–Trinajstić information content (AvgIpc) is 2.87. The van der Waals surface area contributed by atoms with E-state index in [1.165, 1.54) is 0 Å². The summed E-state index contributed by atoms with van der Waals surface area (Å²) in [6.45, 7) is 0. The maximum Gasteiger partial charge on any atom is 0.226 e. The predicted molar refractivity (Wildman–Crippen MR) is 80.0 cm³/mol. The molecule has 1 aliphatic heterocycles. The Bertz CT molecular complexity index is 852. The van der Waals surface area contributed by atoms with Crippen molar-refractivity contribution >= 4 is 22.6 Å². The number of pyridine rings is 1. The first-order valence-corrected chi connectivity index (χ1v) is 6.89. The highest BCUT2D eigenvalue weighted by molar-refractivity contribution is 5.94. The van der Waals surface area contributed by atoms with Crippen molar-refractivity contribution in [2.24, 2.45) is 7.05 Å². The van der Waals surface area contributed by atoms with E-state index < -0.39 is 0 Å². The van der Waals surface area contributed by atoms with Crippen molar-refractivity contribution in [1.82, 2.24) is 14.8 Å². The standard InChI is InChI=1S/C16H14N4O/c1-20-16-13(9-18-20)12(8-15(21)19-16)10-4-5-14-11(7-10)3-2-6-17-14/h2-7,9,12H,8H2,1H3,(H,19,21)/t12-/m0/s1. The van der Waals surface area contributed by atoms with Crippen LogP contribution in [-0.4, -0.2) is 20.7 Å². The maximum atomic E-state index is 12.0. The number of aryl methyl sites for hydroxylation is 1. The van der Waals surface area contributed by atoms with E-state index in [2.05, 4.69) is 27.5 Å². The summed E-state index contributed by atoms with van der Waals surface area (Å²) in [5.74, 6) is 0.872. The highest BCUT2D eigenvalue weighted by Crippen LogP contribution is 2.37. The second-order valence-electron chi connectivity index (χ2n) is 5.33. The Balaban J connectivity index is 1.86. The number of nitrogens with zero attached hydrogens (tertiary/aromatic N) is 3. The van der Waals surface area contributed by atoms with E-state index in [4.69, 9.17) is 0 Å². The van der Waals surface area contributed by atoms with Gasteiger partial charge < -0.3 is 5.32 Å². The molecule has 1 atom stereocenters. The number of carbonyl (C=O) groups is 1. The molecular weight excluding hydrogens is 264 g/mol. The Morgan fingerprint density at radius 3 is 3.14 bits per heavy atom. The SMILES string of the molecule is Cn1ncc2c1NC(=O)C[C@H]2c1ccc2ncccc2c1. The molecule has 3 aromatic rings. The molecule has 0 saturated heterocycles. The predicted octanol–water partition coefficient (Wildman–Crippen LogP) is 2.44. The molecule has 2 aromatic heterocycles. The summed E-state index contributed by atoms with van der Waals surface area (Å²) in [5.41, 5.74) is 3.16. The molecule has 0 bridgehead atoms. The van der Waals surface area contributed by atoms with Gasteiger partial charge in [0.1, 0.15) is 5.82 Å². The molecule has 0 spiro atoms. The second-order valence-corrected chi connectivity index (χ2v) is 5.33. The number of amides is 1. The zero-order valence-corrected chi connectivity index (χ0v) is 11.6. The fourth-order valence-corrected chi connectivity index (χ4v) is 2.95. The highest BCUT2D eigenvalue weighted by Gasteiger charge is 2.29. The number of nitrogens with one attached hydrogen (secondary N) is 1. The summed E-state index contributed by atoms with van der Waals surface area (Å²) in [4.78, 5) is 16.3. The van der Waals surface area contributed by atoms with Crippen molar-refractivity contribution in [2.45, 2.75) is 12.3 Å². The van der Waals surface area contributed by atoms with Gasteiger partial charge in [0, 0.05) is 36.5 Å². The van der Waals surface area contributed by atoms with Crippen molar-refractivity contribution in [3.8, 4) is 0 Å². The maximum absolute atomic E-state index is 12.0. The van der Waals surface area contributed by atoms with Gasteiger partial charge in [-0.15, -0.1) is 0 Å². The van der Waals surface area contributed by atoms with E-state index in [1.54, 1.807) is 10.9 Å². The summed E-state index contributed by atoms with van der Waals surface area (Å²) in [6.07, 6.45) is 4.08. The number of aromatic nitrogens is 3. The molecule has 4 rings (SSSR count). The van der Waals surface area contributed by atoms with Gasteiger partial charge in [0.15, 0.2) is 0 Å². The molecule has 5 heteroatoms. The Kier molecular flexibility index (Phi) is 2.54. The van der Waals surface area contributed by atoms with Crippen LogP contribution in [-0.2, 0) is 11.8 Å². The molecule has 3 heterocycles. The van der Waals surface area contributed by atoms with E-state index >= 15 is 0 Å². The highest BCUT2D eigenvalue weighted by atomic mass is 16.1. The van der Waals surface area contributed by atoms with Gasteiger partial charge >= 0.3 is 0 Å². The molecule has 0 unspecified atom stereocenters. The summed E-state index contributed by atoms with van der Waals surface area (Å²) in [5, 5.41) is 8.24. The molecule has 1 aromatic carbocycles. The molecule has 0 aliphatic carbocycles. The zero-order valence-electron chi connectivity index (χ0n) is 11.6. The van der Waals surface area contributed by atoms with Crippen LogP contribution < -0.4 is 5.32 Å². The molecule has 104 valence electrons.